The van der Waals surface area contributed by atoms with Crippen molar-refractivity contribution in [2.45, 2.75) is 13.0 Å². The fraction of sp³-hybridized carbons (Fsp3) is 0.250. The summed E-state index contributed by atoms with van der Waals surface area (Å²) in [5.74, 6) is -0.295. The van der Waals surface area contributed by atoms with E-state index < -0.39 is 6.10 Å². The number of nitrogens with zero attached hydrogens (tertiary/aromatic N) is 1. The van der Waals surface area contributed by atoms with Crippen LogP contribution in [0.1, 0.15) is 16.7 Å². The van der Waals surface area contributed by atoms with Crippen molar-refractivity contribution in [1.82, 2.24) is 4.98 Å². The molecule has 5 heteroatoms. The van der Waals surface area contributed by atoms with Crippen molar-refractivity contribution in [2.24, 2.45) is 5.73 Å². The largest absolute Gasteiger partial charge is 0.386 e. The average Bonchev–Trinajstić information content (AvgIpc) is 2.70. The van der Waals surface area contributed by atoms with Crippen molar-refractivity contribution in [3.63, 3.8) is 0 Å². The summed E-state index contributed by atoms with van der Waals surface area (Å²) < 4.78 is 13.1. The van der Waals surface area contributed by atoms with E-state index in [0.717, 1.165) is 10.6 Å². The first-order chi connectivity index (χ1) is 8.11. The fourth-order valence-electron chi connectivity index (χ4n) is 1.57. The topological polar surface area (TPSA) is 59.1 Å². The van der Waals surface area contributed by atoms with E-state index >= 15 is 0 Å². The molecule has 3 nitrogen and oxygen atoms in total. The summed E-state index contributed by atoms with van der Waals surface area (Å²) in [6, 6.07) is 6.25. The Kier molecular flexibility index (Phi) is 3.51. The Morgan fingerprint density at radius 2 is 2.29 bits per heavy atom. The van der Waals surface area contributed by atoms with Crippen LogP contribution in [0.15, 0.2) is 24.3 Å². The van der Waals surface area contributed by atoms with Crippen molar-refractivity contribution in [1.29, 1.82) is 0 Å². The van der Waals surface area contributed by atoms with Crippen LogP contribution in [0, 0.1) is 12.7 Å². The monoisotopic (exact) mass is 252 g/mol. The second kappa shape index (κ2) is 4.91. The summed E-state index contributed by atoms with van der Waals surface area (Å²) in [6.07, 6.45) is -0.699. The lowest BCUT2D eigenvalue weighted by molar-refractivity contribution is 0.189. The number of hydrogen-bond donors (Lipinski definition) is 2. The normalized spacial score (nSPS) is 12.7. The molecule has 0 aliphatic carbocycles. The Hall–Kier alpha value is -1.30. The van der Waals surface area contributed by atoms with Crippen molar-refractivity contribution >= 4 is 11.3 Å². The molecule has 0 spiro atoms. The van der Waals surface area contributed by atoms with E-state index in [1.807, 2.05) is 6.92 Å². The Balaban J connectivity index is 2.41. The van der Waals surface area contributed by atoms with Gasteiger partial charge in [0.05, 0.1) is 10.6 Å². The first-order valence-electron chi connectivity index (χ1n) is 5.23. The van der Waals surface area contributed by atoms with E-state index in [4.69, 9.17) is 5.73 Å². The molecular weight excluding hydrogens is 239 g/mol. The molecule has 0 saturated heterocycles. The molecule has 1 aromatic carbocycles. The number of rotatable bonds is 3. The van der Waals surface area contributed by atoms with Gasteiger partial charge in [-0.3, -0.25) is 0 Å². The number of hydrogen-bond acceptors (Lipinski definition) is 4. The molecule has 0 aliphatic heterocycles. The molecule has 1 heterocycles. The van der Waals surface area contributed by atoms with Gasteiger partial charge in [-0.1, -0.05) is 12.1 Å². The third kappa shape index (κ3) is 2.52. The van der Waals surface area contributed by atoms with Crippen molar-refractivity contribution in [3.05, 3.63) is 40.7 Å². The number of nitrogens with two attached hydrogens (primary N) is 1. The summed E-state index contributed by atoms with van der Waals surface area (Å²) in [6.45, 7) is 1.97. The van der Waals surface area contributed by atoms with E-state index in [-0.39, 0.29) is 12.4 Å². The van der Waals surface area contributed by atoms with Crippen molar-refractivity contribution in [2.75, 3.05) is 6.54 Å². The van der Waals surface area contributed by atoms with Gasteiger partial charge >= 0.3 is 0 Å². The van der Waals surface area contributed by atoms with Gasteiger partial charge in [-0.05, 0) is 19.1 Å². The highest BCUT2D eigenvalue weighted by atomic mass is 32.1. The van der Waals surface area contributed by atoms with Crippen LogP contribution in [-0.4, -0.2) is 16.6 Å². The molecule has 1 atom stereocenters. The van der Waals surface area contributed by atoms with Crippen molar-refractivity contribution in [3.8, 4) is 10.6 Å². The van der Waals surface area contributed by atoms with Gasteiger partial charge in [-0.15, -0.1) is 11.3 Å². The molecule has 17 heavy (non-hydrogen) atoms. The number of halogens is 1. The molecule has 2 aromatic rings. The molecule has 0 saturated carbocycles. The standard InChI is InChI=1S/C12H13FN2OS/c1-7-11(10(16)6-14)17-12(15-7)8-3-2-4-9(13)5-8/h2-5,10,16H,6,14H2,1H3. The van der Waals surface area contributed by atoms with E-state index in [2.05, 4.69) is 4.98 Å². The molecule has 2 rings (SSSR count). The first-order valence-corrected chi connectivity index (χ1v) is 6.05. The summed E-state index contributed by atoms with van der Waals surface area (Å²) in [5, 5.41) is 10.4. The highest BCUT2D eigenvalue weighted by Gasteiger charge is 2.15. The molecule has 90 valence electrons. The highest BCUT2D eigenvalue weighted by molar-refractivity contribution is 7.15. The number of aromatic nitrogens is 1. The maximum absolute atomic E-state index is 13.1. The van der Waals surface area contributed by atoms with Crippen LogP contribution < -0.4 is 5.73 Å². The Bertz CT molecular complexity index is 527. The predicted octanol–water partition coefficient (Wildman–Crippen LogP) is 2.25. The number of thiazole rings is 1. The Labute approximate surface area is 103 Å². The highest BCUT2D eigenvalue weighted by Crippen LogP contribution is 2.31. The number of aliphatic hydroxyl groups excluding tert-OH is 1. The molecular formula is C12H13FN2OS. The van der Waals surface area contributed by atoms with Gasteiger partial charge in [-0.25, -0.2) is 9.37 Å². The average molecular weight is 252 g/mol. The summed E-state index contributed by atoms with van der Waals surface area (Å²) >= 11 is 1.35. The lowest BCUT2D eigenvalue weighted by atomic mass is 10.2. The van der Waals surface area contributed by atoms with Gasteiger partial charge in [0.15, 0.2) is 0 Å². The van der Waals surface area contributed by atoms with Gasteiger partial charge in [0.25, 0.3) is 0 Å². The second-order valence-corrected chi connectivity index (χ2v) is 4.76. The lowest BCUT2D eigenvalue weighted by Crippen LogP contribution is -2.10. The summed E-state index contributed by atoms with van der Waals surface area (Å²) in [5.41, 5.74) is 6.87. The molecule has 0 fully saturated rings. The van der Waals surface area contributed by atoms with Gasteiger partial charge in [0, 0.05) is 12.1 Å². The molecule has 1 unspecified atom stereocenters. The van der Waals surface area contributed by atoms with E-state index in [0.29, 0.717) is 10.6 Å². The zero-order valence-corrected chi connectivity index (χ0v) is 10.2. The molecule has 3 N–H and O–H groups in total. The van der Waals surface area contributed by atoms with E-state index in [1.165, 1.54) is 23.5 Å². The number of aliphatic hydroxyl groups is 1. The molecule has 0 radical (unpaired) electrons. The maximum Gasteiger partial charge on any atom is 0.124 e. The SMILES string of the molecule is Cc1nc(-c2cccc(F)c2)sc1C(O)CN. The summed E-state index contributed by atoms with van der Waals surface area (Å²) in [4.78, 5) is 5.07. The minimum Gasteiger partial charge on any atom is -0.386 e. The van der Waals surface area contributed by atoms with Crippen LogP contribution in [0.25, 0.3) is 10.6 Å². The molecule has 0 amide bonds. The van der Waals surface area contributed by atoms with Crippen LogP contribution in [0.3, 0.4) is 0 Å². The first kappa shape index (κ1) is 12.2. The number of benzene rings is 1. The summed E-state index contributed by atoms with van der Waals surface area (Å²) in [7, 11) is 0. The van der Waals surface area contributed by atoms with E-state index in [9.17, 15) is 9.50 Å². The quantitative estimate of drug-likeness (QED) is 0.880. The minimum absolute atomic E-state index is 0.158. The fourth-order valence-corrected chi connectivity index (χ4v) is 2.63. The maximum atomic E-state index is 13.1. The zero-order chi connectivity index (χ0) is 12.4. The van der Waals surface area contributed by atoms with E-state index in [1.54, 1.807) is 12.1 Å². The Morgan fingerprint density at radius 1 is 1.53 bits per heavy atom. The van der Waals surface area contributed by atoms with Gasteiger partial charge in [0.1, 0.15) is 16.9 Å². The number of aryl methyl sites for hydroxylation is 1. The third-order valence-corrected chi connectivity index (χ3v) is 3.74. The van der Waals surface area contributed by atoms with Gasteiger partial charge in [0.2, 0.25) is 0 Å². The van der Waals surface area contributed by atoms with Crippen molar-refractivity contribution < 1.29 is 9.50 Å². The zero-order valence-electron chi connectivity index (χ0n) is 9.35. The van der Waals surface area contributed by atoms with Crippen LogP contribution in [0.2, 0.25) is 0 Å². The molecule has 1 aromatic heterocycles. The smallest absolute Gasteiger partial charge is 0.124 e. The second-order valence-electron chi connectivity index (χ2n) is 3.73. The predicted molar refractivity (Wildman–Crippen MR) is 66.3 cm³/mol. The lowest BCUT2D eigenvalue weighted by Gasteiger charge is -2.03. The van der Waals surface area contributed by atoms with Gasteiger partial charge in [-0.2, -0.15) is 0 Å². The van der Waals surface area contributed by atoms with Crippen LogP contribution in [-0.2, 0) is 0 Å². The van der Waals surface area contributed by atoms with Crippen LogP contribution in [0.5, 0.6) is 0 Å². The Morgan fingerprint density at radius 3 is 2.94 bits per heavy atom. The van der Waals surface area contributed by atoms with Crippen LogP contribution in [0.4, 0.5) is 4.39 Å². The minimum atomic E-state index is -0.699. The third-order valence-electron chi connectivity index (χ3n) is 2.43. The van der Waals surface area contributed by atoms with Gasteiger partial charge < -0.3 is 10.8 Å². The van der Waals surface area contributed by atoms with Crippen LogP contribution >= 0.6 is 11.3 Å². The molecule has 0 aliphatic rings. The molecule has 0 bridgehead atoms.